The Morgan fingerprint density at radius 2 is 1.07 bits per heavy atom. The molecule has 0 atom stereocenters. The van der Waals surface area contributed by atoms with Gasteiger partial charge in [-0.05, 0) is 60.7 Å². The Morgan fingerprint density at radius 1 is 0.488 bits per heavy atom. The number of fused-ring (bicyclic) bond motifs is 9. The fraction of sp³-hybridized carbons (Fsp3) is 0. The first-order valence-electron chi connectivity index (χ1n) is 13.6. The lowest BCUT2D eigenvalue weighted by Crippen LogP contribution is -1.96. The normalized spacial score (nSPS) is 11.9. The lowest BCUT2D eigenvalue weighted by atomic mass is 10.1. The molecule has 0 radical (unpaired) electrons. The summed E-state index contributed by atoms with van der Waals surface area (Å²) in [6.07, 6.45) is 0. The third-order valence-electron chi connectivity index (χ3n) is 8.32. The lowest BCUT2D eigenvalue weighted by molar-refractivity contribution is 0.669. The van der Waals surface area contributed by atoms with E-state index in [1.165, 1.54) is 32.6 Å². The maximum Gasteiger partial charge on any atom is 0.188 e. The predicted molar refractivity (Wildman–Crippen MR) is 169 cm³/mol. The van der Waals surface area contributed by atoms with Crippen molar-refractivity contribution in [3.8, 4) is 11.4 Å². The molecule has 9 rings (SSSR count). The van der Waals surface area contributed by atoms with Crippen LogP contribution in [-0.2, 0) is 0 Å². The van der Waals surface area contributed by atoms with E-state index in [0.29, 0.717) is 5.69 Å². The van der Waals surface area contributed by atoms with Gasteiger partial charge in [0.25, 0.3) is 0 Å². The van der Waals surface area contributed by atoms with Crippen LogP contribution in [0.1, 0.15) is 0 Å². The molecule has 0 saturated carbocycles. The molecule has 0 fully saturated rings. The molecule has 0 aliphatic carbocycles. The van der Waals surface area contributed by atoms with E-state index in [4.69, 9.17) is 11.0 Å². The van der Waals surface area contributed by atoms with E-state index in [9.17, 15) is 0 Å². The number of furan rings is 1. The average Bonchev–Trinajstić information content (AvgIpc) is 3.68. The highest BCUT2D eigenvalue weighted by molar-refractivity contribution is 6.17. The van der Waals surface area contributed by atoms with Gasteiger partial charge in [-0.1, -0.05) is 66.7 Å². The summed E-state index contributed by atoms with van der Waals surface area (Å²) >= 11 is 0. The average molecular weight is 524 g/mol. The minimum absolute atomic E-state index is 0.610. The minimum atomic E-state index is 0.610. The van der Waals surface area contributed by atoms with Crippen LogP contribution in [0.2, 0.25) is 0 Å². The molecule has 190 valence electrons. The topological polar surface area (TPSA) is 27.4 Å². The molecular formula is C37H21N3O. The standard InChI is InChI=1S/C37H21N3O/c1-38-23-17-19-35-28(21-23)29-22-24(18-20-36(29)41-35)39-32-14-7-4-11-27(32)37-33(39)15-8-16-34(37)40-30-12-5-2-9-25(30)26-10-3-6-13-31(26)40/h2-22H. The van der Waals surface area contributed by atoms with Crippen LogP contribution in [0.4, 0.5) is 5.69 Å². The highest BCUT2D eigenvalue weighted by Gasteiger charge is 2.19. The monoisotopic (exact) mass is 523 g/mol. The van der Waals surface area contributed by atoms with Crippen molar-refractivity contribution < 1.29 is 4.42 Å². The first kappa shape index (κ1) is 22.1. The molecule has 0 saturated heterocycles. The van der Waals surface area contributed by atoms with E-state index < -0.39 is 0 Å². The first-order chi connectivity index (χ1) is 20.3. The molecule has 0 spiro atoms. The lowest BCUT2D eigenvalue weighted by Gasteiger charge is -2.11. The number of rotatable bonds is 2. The van der Waals surface area contributed by atoms with Crippen LogP contribution < -0.4 is 0 Å². The molecule has 0 bridgehead atoms. The summed E-state index contributed by atoms with van der Waals surface area (Å²) in [5.74, 6) is 0. The number of nitrogens with zero attached hydrogens (tertiary/aromatic N) is 3. The van der Waals surface area contributed by atoms with Gasteiger partial charge in [0.05, 0.1) is 34.3 Å². The summed E-state index contributed by atoms with van der Waals surface area (Å²) < 4.78 is 10.9. The van der Waals surface area contributed by atoms with E-state index >= 15 is 0 Å². The van der Waals surface area contributed by atoms with E-state index in [1.807, 2.05) is 24.3 Å². The molecule has 4 heteroatoms. The Hall–Kier alpha value is -5.79. The quantitative estimate of drug-likeness (QED) is 0.207. The highest BCUT2D eigenvalue weighted by Crippen LogP contribution is 2.41. The van der Waals surface area contributed by atoms with Gasteiger partial charge in [-0.25, -0.2) is 4.85 Å². The van der Waals surface area contributed by atoms with Crippen molar-refractivity contribution in [3.63, 3.8) is 0 Å². The van der Waals surface area contributed by atoms with Crippen molar-refractivity contribution in [2.45, 2.75) is 0 Å². The van der Waals surface area contributed by atoms with Gasteiger partial charge in [0.2, 0.25) is 0 Å². The zero-order valence-electron chi connectivity index (χ0n) is 21.9. The predicted octanol–water partition coefficient (Wildman–Crippen LogP) is 10.3. The van der Waals surface area contributed by atoms with Crippen LogP contribution in [0.5, 0.6) is 0 Å². The third kappa shape index (κ3) is 2.98. The van der Waals surface area contributed by atoms with Gasteiger partial charge in [0.1, 0.15) is 11.2 Å². The largest absolute Gasteiger partial charge is 0.456 e. The number of hydrogen-bond donors (Lipinski definition) is 0. The molecule has 0 amide bonds. The Kier molecular flexibility index (Phi) is 4.37. The number of aromatic nitrogens is 2. The zero-order chi connectivity index (χ0) is 27.1. The van der Waals surface area contributed by atoms with Gasteiger partial charge in [-0.15, -0.1) is 0 Å². The van der Waals surface area contributed by atoms with Crippen LogP contribution in [0.25, 0.3) is 81.8 Å². The number of para-hydroxylation sites is 3. The second-order valence-electron chi connectivity index (χ2n) is 10.5. The fourth-order valence-corrected chi connectivity index (χ4v) is 6.61. The Balaban J connectivity index is 1.40. The second kappa shape index (κ2) is 8.11. The van der Waals surface area contributed by atoms with E-state index in [0.717, 1.165) is 44.3 Å². The summed E-state index contributed by atoms with van der Waals surface area (Å²) in [5, 5.41) is 6.88. The zero-order valence-corrected chi connectivity index (χ0v) is 21.9. The number of hydrogen-bond acceptors (Lipinski definition) is 1. The summed E-state index contributed by atoms with van der Waals surface area (Å²) in [6, 6.07) is 44.5. The van der Waals surface area contributed by atoms with Gasteiger partial charge >= 0.3 is 0 Å². The summed E-state index contributed by atoms with van der Waals surface area (Å²) in [7, 11) is 0. The van der Waals surface area contributed by atoms with E-state index in [-0.39, 0.29) is 0 Å². The van der Waals surface area contributed by atoms with Crippen LogP contribution in [0, 0.1) is 6.57 Å². The third-order valence-corrected chi connectivity index (χ3v) is 8.32. The van der Waals surface area contributed by atoms with Gasteiger partial charge in [0, 0.05) is 38.0 Å². The molecule has 0 aliphatic rings. The summed E-state index contributed by atoms with van der Waals surface area (Å²) in [4.78, 5) is 3.64. The Morgan fingerprint density at radius 3 is 1.78 bits per heavy atom. The highest BCUT2D eigenvalue weighted by atomic mass is 16.3. The Labute approximate surface area is 234 Å². The SMILES string of the molecule is [C-]#[N+]c1ccc2oc3ccc(-n4c5ccccc5c5c(-n6c7ccccc7c7ccccc76)cccc54)cc3c2c1. The number of benzene rings is 6. The summed E-state index contributed by atoms with van der Waals surface area (Å²) in [6.45, 7) is 7.48. The van der Waals surface area contributed by atoms with Crippen LogP contribution >= 0.6 is 0 Å². The molecule has 9 aromatic rings. The van der Waals surface area contributed by atoms with Crippen LogP contribution in [-0.4, -0.2) is 9.13 Å². The molecule has 0 N–H and O–H groups in total. The van der Waals surface area contributed by atoms with Crippen molar-refractivity contribution in [2.24, 2.45) is 0 Å². The molecular weight excluding hydrogens is 502 g/mol. The maximum atomic E-state index is 7.48. The molecule has 4 nitrogen and oxygen atoms in total. The van der Waals surface area contributed by atoms with E-state index in [1.54, 1.807) is 0 Å². The second-order valence-corrected chi connectivity index (χ2v) is 10.5. The van der Waals surface area contributed by atoms with Crippen molar-refractivity contribution in [1.82, 2.24) is 9.13 Å². The molecule has 3 heterocycles. The van der Waals surface area contributed by atoms with Gasteiger partial charge < -0.3 is 13.6 Å². The molecule has 3 aromatic heterocycles. The molecule has 6 aromatic carbocycles. The maximum absolute atomic E-state index is 7.48. The van der Waals surface area contributed by atoms with Crippen molar-refractivity contribution >= 4 is 71.2 Å². The van der Waals surface area contributed by atoms with Crippen molar-refractivity contribution in [2.75, 3.05) is 0 Å². The van der Waals surface area contributed by atoms with Crippen LogP contribution in [0.15, 0.2) is 132 Å². The van der Waals surface area contributed by atoms with Crippen molar-refractivity contribution in [1.29, 1.82) is 0 Å². The smallest absolute Gasteiger partial charge is 0.188 e. The Bertz CT molecular complexity index is 2500. The molecule has 0 aliphatic heterocycles. The molecule has 41 heavy (non-hydrogen) atoms. The van der Waals surface area contributed by atoms with Gasteiger partial charge in [0.15, 0.2) is 5.69 Å². The van der Waals surface area contributed by atoms with E-state index in [2.05, 4.69) is 117 Å². The van der Waals surface area contributed by atoms with Gasteiger partial charge in [-0.3, -0.25) is 0 Å². The fourth-order valence-electron chi connectivity index (χ4n) is 6.61. The molecule has 0 unspecified atom stereocenters. The summed E-state index contributed by atoms with van der Waals surface area (Å²) in [5.41, 5.74) is 9.10. The first-order valence-corrected chi connectivity index (χ1v) is 13.6. The van der Waals surface area contributed by atoms with Crippen molar-refractivity contribution in [3.05, 3.63) is 139 Å². The van der Waals surface area contributed by atoms with Gasteiger partial charge in [-0.2, -0.15) is 0 Å². The minimum Gasteiger partial charge on any atom is -0.456 e. The van der Waals surface area contributed by atoms with Crippen LogP contribution in [0.3, 0.4) is 0 Å².